The Kier molecular flexibility index (Phi) is 6.48. The molecule has 0 amide bonds. The van der Waals surface area contributed by atoms with Gasteiger partial charge in [-0.15, -0.1) is 13.2 Å². The maximum Gasteiger partial charge on any atom is 0.573 e. The molecule has 4 rings (SSSR count). The van der Waals surface area contributed by atoms with Crippen molar-refractivity contribution in [3.05, 3.63) is 44.9 Å². The van der Waals surface area contributed by atoms with E-state index in [9.17, 15) is 18.0 Å². The van der Waals surface area contributed by atoms with E-state index < -0.39 is 6.36 Å². The van der Waals surface area contributed by atoms with E-state index in [1.165, 1.54) is 22.8 Å². The highest BCUT2D eigenvalue weighted by Gasteiger charge is 2.32. The summed E-state index contributed by atoms with van der Waals surface area (Å²) in [7, 11) is 0. The lowest BCUT2D eigenvalue weighted by atomic mass is 10.0. The first-order valence-corrected chi connectivity index (χ1v) is 11.9. The molecule has 10 heteroatoms. The molecule has 6 nitrogen and oxygen atoms in total. The average Bonchev–Trinajstić information content (AvgIpc) is 3.00. The zero-order valence-electron chi connectivity index (χ0n) is 18.7. The van der Waals surface area contributed by atoms with Crippen LogP contribution in [0.15, 0.2) is 33.5 Å². The van der Waals surface area contributed by atoms with Gasteiger partial charge in [-0.05, 0) is 60.0 Å². The van der Waals surface area contributed by atoms with Crippen molar-refractivity contribution < 1.29 is 17.9 Å². The minimum absolute atomic E-state index is 0.267. The number of anilines is 1. The topological polar surface area (TPSA) is 52.3 Å². The zero-order chi connectivity index (χ0) is 23.9. The molecule has 0 fully saturated rings. The number of hydrogen-bond donors (Lipinski definition) is 0. The number of benzene rings is 1. The van der Waals surface area contributed by atoms with Crippen LogP contribution in [0.2, 0.25) is 0 Å². The van der Waals surface area contributed by atoms with Crippen molar-refractivity contribution in [3.63, 3.8) is 0 Å². The number of aromatic nitrogens is 3. The molecular weight excluding hydrogens is 501 g/mol. The van der Waals surface area contributed by atoms with Gasteiger partial charge in [0.2, 0.25) is 0 Å². The van der Waals surface area contributed by atoms with Gasteiger partial charge in [0.1, 0.15) is 11.3 Å². The molecular formula is C23H26BrF3N4O2. The first-order chi connectivity index (χ1) is 15.6. The summed E-state index contributed by atoms with van der Waals surface area (Å²) in [5.74, 6) is -0.364. The molecule has 2 aromatic heterocycles. The number of pyridine rings is 1. The van der Waals surface area contributed by atoms with Gasteiger partial charge in [-0.1, -0.05) is 26.7 Å². The molecule has 0 bridgehead atoms. The van der Waals surface area contributed by atoms with E-state index in [1.807, 2.05) is 13.0 Å². The van der Waals surface area contributed by atoms with E-state index in [0.717, 1.165) is 49.1 Å². The maximum absolute atomic E-state index is 13.4. The van der Waals surface area contributed by atoms with E-state index in [4.69, 9.17) is 0 Å². The van der Waals surface area contributed by atoms with Gasteiger partial charge < -0.3 is 9.64 Å². The third kappa shape index (κ3) is 4.49. The number of alkyl halides is 3. The summed E-state index contributed by atoms with van der Waals surface area (Å²) >= 11 is 3.32. The summed E-state index contributed by atoms with van der Waals surface area (Å²) < 4.78 is 45.3. The molecule has 0 N–H and O–H groups in total. The van der Waals surface area contributed by atoms with Crippen LogP contribution in [-0.2, 0) is 6.54 Å². The van der Waals surface area contributed by atoms with Gasteiger partial charge in [0, 0.05) is 29.3 Å². The van der Waals surface area contributed by atoms with Crippen molar-refractivity contribution in [1.82, 2.24) is 14.1 Å². The largest absolute Gasteiger partial charge is 0.573 e. The lowest BCUT2D eigenvalue weighted by Gasteiger charge is -2.37. The number of nitrogens with zero attached hydrogens (tertiary/aromatic N) is 4. The minimum Gasteiger partial charge on any atom is -0.406 e. The van der Waals surface area contributed by atoms with Gasteiger partial charge in [0.25, 0.3) is 0 Å². The highest BCUT2D eigenvalue weighted by Crippen LogP contribution is 2.36. The Morgan fingerprint density at radius 2 is 1.82 bits per heavy atom. The Labute approximate surface area is 198 Å². The summed E-state index contributed by atoms with van der Waals surface area (Å²) in [4.78, 5) is 20.5. The van der Waals surface area contributed by atoms with Crippen LogP contribution in [0.25, 0.3) is 16.9 Å². The Morgan fingerprint density at radius 1 is 1.12 bits per heavy atom. The van der Waals surface area contributed by atoms with Gasteiger partial charge in [-0.2, -0.15) is 0 Å². The Hall–Kier alpha value is -2.49. The van der Waals surface area contributed by atoms with Crippen LogP contribution >= 0.6 is 15.9 Å². The lowest BCUT2D eigenvalue weighted by Crippen LogP contribution is -2.42. The maximum atomic E-state index is 13.4. The molecule has 178 valence electrons. The molecule has 0 saturated heterocycles. The summed E-state index contributed by atoms with van der Waals surface area (Å²) in [5.41, 5.74) is 3.16. The van der Waals surface area contributed by atoms with Crippen molar-refractivity contribution in [1.29, 1.82) is 0 Å². The monoisotopic (exact) mass is 526 g/mol. The molecule has 0 radical (unpaired) electrons. The second-order valence-corrected chi connectivity index (χ2v) is 9.16. The van der Waals surface area contributed by atoms with E-state index in [0.29, 0.717) is 28.4 Å². The van der Waals surface area contributed by atoms with E-state index >= 15 is 0 Å². The molecule has 3 heterocycles. The molecule has 1 aromatic carbocycles. The van der Waals surface area contributed by atoms with Gasteiger partial charge >= 0.3 is 12.1 Å². The quantitative estimate of drug-likeness (QED) is 0.382. The Balaban J connectivity index is 1.88. The van der Waals surface area contributed by atoms with Crippen molar-refractivity contribution >= 4 is 32.8 Å². The number of rotatable bonds is 7. The fourth-order valence-electron chi connectivity index (χ4n) is 4.69. The molecule has 3 aromatic rings. The molecule has 0 aliphatic carbocycles. The van der Waals surface area contributed by atoms with Gasteiger partial charge in [0.15, 0.2) is 5.65 Å². The van der Waals surface area contributed by atoms with Crippen LogP contribution in [0.3, 0.4) is 0 Å². The predicted octanol–water partition coefficient (Wildman–Crippen LogP) is 5.95. The number of hydrogen-bond acceptors (Lipinski definition) is 4. The zero-order valence-corrected chi connectivity index (χ0v) is 20.3. The normalized spacial score (nSPS) is 13.9. The second kappa shape index (κ2) is 9.04. The van der Waals surface area contributed by atoms with Crippen molar-refractivity contribution in [3.8, 4) is 11.4 Å². The van der Waals surface area contributed by atoms with Crippen LogP contribution in [-0.4, -0.2) is 33.1 Å². The summed E-state index contributed by atoms with van der Waals surface area (Å²) in [6, 6.07) is 6.24. The average molecular weight is 527 g/mol. The van der Waals surface area contributed by atoms with Crippen LogP contribution in [0.1, 0.15) is 45.2 Å². The Morgan fingerprint density at radius 3 is 2.42 bits per heavy atom. The number of imidazole rings is 1. The van der Waals surface area contributed by atoms with E-state index in [2.05, 4.69) is 44.4 Å². The first-order valence-electron chi connectivity index (χ1n) is 11.1. The first kappa shape index (κ1) is 23.7. The fraction of sp³-hybridized carbons (Fsp3) is 0.478. The molecule has 0 atom stereocenters. The molecule has 0 spiro atoms. The van der Waals surface area contributed by atoms with Crippen LogP contribution in [0.5, 0.6) is 5.75 Å². The number of aryl methyl sites for hydroxylation is 1. The summed E-state index contributed by atoms with van der Waals surface area (Å²) in [6.07, 6.45) is -0.526. The van der Waals surface area contributed by atoms with Crippen LogP contribution in [0, 0.1) is 6.92 Å². The lowest BCUT2D eigenvalue weighted by molar-refractivity contribution is -0.274. The predicted molar refractivity (Wildman–Crippen MR) is 125 cm³/mol. The molecule has 0 saturated carbocycles. The number of halogens is 4. The molecule has 1 aliphatic heterocycles. The van der Waals surface area contributed by atoms with Crippen LogP contribution in [0.4, 0.5) is 18.9 Å². The SMILES string of the molecule is CCCC(CCC)N1CCn2c(=O)n(-c3ccc(OC(F)(F)F)cc3Br)c3nc(C)cc1c32. The standard InChI is InChI=1S/C23H26BrF3N4O2/c1-4-6-15(7-5-2)29-10-11-30-20-19(29)12-14(3)28-21(20)31(22(30)32)18-9-8-16(13-17(18)24)33-23(25,26)27/h8-9,12-13,15H,4-7,10-11H2,1-3H3. The smallest absolute Gasteiger partial charge is 0.406 e. The fourth-order valence-corrected chi connectivity index (χ4v) is 5.23. The molecule has 33 heavy (non-hydrogen) atoms. The second-order valence-electron chi connectivity index (χ2n) is 8.31. The summed E-state index contributed by atoms with van der Waals surface area (Å²) in [5, 5.41) is 0. The van der Waals surface area contributed by atoms with Crippen molar-refractivity contribution in [2.24, 2.45) is 0 Å². The Bertz CT molecular complexity index is 1230. The highest BCUT2D eigenvalue weighted by molar-refractivity contribution is 9.10. The minimum atomic E-state index is -4.79. The molecule has 0 unspecified atom stereocenters. The van der Waals surface area contributed by atoms with E-state index in [1.54, 1.807) is 4.57 Å². The van der Waals surface area contributed by atoms with Crippen molar-refractivity contribution in [2.75, 3.05) is 11.4 Å². The summed E-state index contributed by atoms with van der Waals surface area (Å²) in [6.45, 7) is 7.49. The highest BCUT2D eigenvalue weighted by atomic mass is 79.9. The van der Waals surface area contributed by atoms with Gasteiger partial charge in [0.05, 0.1) is 11.4 Å². The van der Waals surface area contributed by atoms with Crippen molar-refractivity contribution in [2.45, 2.75) is 65.4 Å². The van der Waals surface area contributed by atoms with Gasteiger partial charge in [-0.25, -0.2) is 14.3 Å². The number of ether oxygens (including phenoxy) is 1. The van der Waals surface area contributed by atoms with E-state index in [-0.39, 0.29) is 11.4 Å². The third-order valence-electron chi connectivity index (χ3n) is 5.94. The third-order valence-corrected chi connectivity index (χ3v) is 6.57. The van der Waals surface area contributed by atoms with Gasteiger partial charge in [-0.3, -0.25) is 4.57 Å². The molecule has 1 aliphatic rings. The van der Waals surface area contributed by atoms with Crippen LogP contribution < -0.4 is 15.3 Å².